The van der Waals surface area contributed by atoms with Gasteiger partial charge in [-0.2, -0.15) is 0 Å². The molecule has 0 bridgehead atoms. The molecule has 0 aromatic carbocycles. The van der Waals surface area contributed by atoms with Crippen LogP contribution in [0.3, 0.4) is 0 Å². The van der Waals surface area contributed by atoms with Gasteiger partial charge in [0, 0.05) is 12.0 Å². The van der Waals surface area contributed by atoms with Crippen molar-refractivity contribution in [1.82, 2.24) is 20.7 Å². The van der Waals surface area contributed by atoms with Crippen molar-refractivity contribution in [3.63, 3.8) is 0 Å². The third kappa shape index (κ3) is 3.08. The van der Waals surface area contributed by atoms with Crippen molar-refractivity contribution in [3.8, 4) is 0 Å². The number of amides is 1. The summed E-state index contributed by atoms with van der Waals surface area (Å²) in [5, 5.41) is 15.1. The topological polar surface area (TPSA) is 107 Å². The highest BCUT2D eigenvalue weighted by atomic mass is 32.1. The van der Waals surface area contributed by atoms with Crippen molar-refractivity contribution in [2.24, 2.45) is 0 Å². The van der Waals surface area contributed by atoms with Crippen LogP contribution in [0.1, 0.15) is 54.0 Å². The van der Waals surface area contributed by atoms with Crippen LogP contribution in [0.5, 0.6) is 0 Å². The average molecular weight is 281 g/mol. The Balaban J connectivity index is 2.04. The largest absolute Gasteiger partial charge is 0.374 e. The molecule has 0 fully saturated rings. The molecular weight excluding hydrogens is 266 g/mol. The Morgan fingerprint density at radius 3 is 2.68 bits per heavy atom. The Morgan fingerprint density at radius 1 is 1.42 bits per heavy atom. The van der Waals surface area contributed by atoms with Crippen LogP contribution >= 0.6 is 11.3 Å². The fraction of sp³-hybridized carbons (Fsp3) is 0.455. The first kappa shape index (κ1) is 13.5. The molecule has 0 saturated heterocycles. The van der Waals surface area contributed by atoms with Crippen LogP contribution in [0.25, 0.3) is 0 Å². The minimum absolute atomic E-state index is 0.189. The van der Waals surface area contributed by atoms with Gasteiger partial charge >= 0.3 is 0 Å². The predicted molar refractivity (Wildman–Crippen MR) is 70.8 cm³/mol. The van der Waals surface area contributed by atoms with Crippen LogP contribution in [0.15, 0.2) is 10.6 Å². The summed E-state index contributed by atoms with van der Waals surface area (Å²) >= 11 is 1.24. The minimum atomic E-state index is -0.308. The molecule has 0 aliphatic carbocycles. The molecule has 1 amide bonds. The molecule has 3 N–H and O–H groups in total. The number of nitrogens with zero attached hydrogens (tertiary/aromatic N) is 3. The fourth-order valence-corrected chi connectivity index (χ4v) is 2.04. The summed E-state index contributed by atoms with van der Waals surface area (Å²) < 4.78 is 5.08. The third-order valence-corrected chi connectivity index (χ3v) is 3.44. The zero-order valence-electron chi connectivity index (χ0n) is 10.9. The molecule has 0 aliphatic heterocycles. The molecular formula is C11H15N5O2S. The summed E-state index contributed by atoms with van der Waals surface area (Å²) in [6.07, 6.45) is 0. The van der Waals surface area contributed by atoms with Gasteiger partial charge in [-0.15, -0.1) is 10.2 Å². The lowest BCUT2D eigenvalue weighted by Crippen LogP contribution is -2.26. The molecule has 2 heterocycles. The van der Waals surface area contributed by atoms with Crippen LogP contribution in [-0.2, 0) is 0 Å². The van der Waals surface area contributed by atoms with Gasteiger partial charge in [0.25, 0.3) is 5.91 Å². The molecule has 0 spiro atoms. The summed E-state index contributed by atoms with van der Waals surface area (Å²) in [5.41, 5.74) is 5.76. The number of hydrogen-bond donors (Lipinski definition) is 2. The minimum Gasteiger partial charge on any atom is -0.374 e. The van der Waals surface area contributed by atoms with E-state index >= 15 is 0 Å². The highest BCUT2D eigenvalue weighted by molar-refractivity contribution is 7.15. The van der Waals surface area contributed by atoms with Crippen molar-refractivity contribution in [2.75, 3.05) is 5.73 Å². The van der Waals surface area contributed by atoms with Crippen molar-refractivity contribution < 1.29 is 9.32 Å². The van der Waals surface area contributed by atoms with E-state index in [1.807, 2.05) is 13.8 Å². The summed E-state index contributed by atoms with van der Waals surface area (Å²) in [5.74, 6) is 0.560. The molecule has 1 atom stereocenters. The molecule has 8 heteroatoms. The maximum atomic E-state index is 12.0. The molecule has 0 unspecified atom stereocenters. The fourth-order valence-electron chi connectivity index (χ4n) is 1.42. The van der Waals surface area contributed by atoms with Gasteiger partial charge in [-0.25, -0.2) is 0 Å². The Bertz CT molecular complexity index is 577. The number of anilines is 1. The Morgan fingerprint density at radius 2 is 2.16 bits per heavy atom. The molecule has 2 aromatic heterocycles. The molecule has 19 heavy (non-hydrogen) atoms. The van der Waals surface area contributed by atoms with E-state index in [9.17, 15) is 4.79 Å². The van der Waals surface area contributed by atoms with E-state index in [1.54, 1.807) is 13.0 Å². The molecule has 102 valence electrons. The molecule has 7 nitrogen and oxygen atoms in total. The van der Waals surface area contributed by atoms with Crippen molar-refractivity contribution >= 4 is 22.4 Å². The zero-order chi connectivity index (χ0) is 14.0. The van der Waals surface area contributed by atoms with E-state index < -0.39 is 0 Å². The van der Waals surface area contributed by atoms with E-state index in [0.29, 0.717) is 15.9 Å². The molecule has 0 saturated carbocycles. The first-order chi connectivity index (χ1) is 8.97. The van der Waals surface area contributed by atoms with E-state index in [1.165, 1.54) is 11.3 Å². The van der Waals surface area contributed by atoms with E-state index in [0.717, 1.165) is 0 Å². The lowest BCUT2D eigenvalue weighted by molar-refractivity contribution is 0.0930. The molecule has 0 aliphatic rings. The lowest BCUT2D eigenvalue weighted by atomic mass is 10.1. The number of nitrogen functional groups attached to an aromatic ring is 1. The quantitative estimate of drug-likeness (QED) is 0.883. The highest BCUT2D eigenvalue weighted by Gasteiger charge is 2.18. The predicted octanol–water partition coefficient (Wildman–Crippen LogP) is 1.72. The number of aromatic nitrogens is 3. The smallest absolute Gasteiger partial charge is 0.274 e. The molecule has 2 aromatic rings. The third-order valence-electron chi connectivity index (χ3n) is 2.50. The van der Waals surface area contributed by atoms with E-state index in [2.05, 4.69) is 20.7 Å². The van der Waals surface area contributed by atoms with Gasteiger partial charge in [-0.3, -0.25) is 4.79 Å². The van der Waals surface area contributed by atoms with Gasteiger partial charge in [0.15, 0.2) is 5.69 Å². The van der Waals surface area contributed by atoms with Gasteiger partial charge < -0.3 is 15.6 Å². The van der Waals surface area contributed by atoms with Gasteiger partial charge in [0.1, 0.15) is 10.8 Å². The first-order valence-electron chi connectivity index (χ1n) is 5.83. The van der Waals surface area contributed by atoms with Crippen molar-refractivity contribution in [1.29, 1.82) is 0 Å². The van der Waals surface area contributed by atoms with E-state index in [4.69, 9.17) is 10.3 Å². The number of hydrogen-bond acceptors (Lipinski definition) is 7. The summed E-state index contributed by atoms with van der Waals surface area (Å²) in [6.45, 7) is 5.74. The number of carbonyl (C=O) groups excluding carboxylic acids is 1. The van der Waals surface area contributed by atoms with E-state index in [-0.39, 0.29) is 23.6 Å². The van der Waals surface area contributed by atoms with Crippen LogP contribution in [0.2, 0.25) is 0 Å². The van der Waals surface area contributed by atoms with Gasteiger partial charge in [-0.05, 0) is 6.92 Å². The van der Waals surface area contributed by atoms with Crippen LogP contribution < -0.4 is 11.1 Å². The van der Waals surface area contributed by atoms with Crippen molar-refractivity contribution in [2.45, 2.75) is 32.7 Å². The number of rotatable bonds is 4. The highest BCUT2D eigenvalue weighted by Crippen LogP contribution is 2.20. The van der Waals surface area contributed by atoms with Crippen LogP contribution in [0, 0.1) is 0 Å². The number of carbonyl (C=O) groups is 1. The standard InChI is InChI=1S/C11H15N5O2S/c1-5(2)8-4-7(16-18-8)9(17)13-6(3)10-14-15-11(12)19-10/h4-6H,1-3H3,(H2,12,15)(H,13,17)/t6-/m0/s1. The second-order valence-electron chi connectivity index (χ2n) is 4.44. The Hall–Kier alpha value is -1.96. The molecule has 0 radical (unpaired) electrons. The number of nitrogens with two attached hydrogens (primary N) is 1. The zero-order valence-corrected chi connectivity index (χ0v) is 11.7. The maximum absolute atomic E-state index is 12.0. The first-order valence-corrected chi connectivity index (χ1v) is 6.65. The van der Waals surface area contributed by atoms with Gasteiger partial charge in [0.2, 0.25) is 5.13 Å². The summed E-state index contributed by atoms with van der Waals surface area (Å²) in [4.78, 5) is 12.0. The van der Waals surface area contributed by atoms with Gasteiger partial charge in [0.05, 0.1) is 6.04 Å². The monoisotopic (exact) mass is 281 g/mol. The summed E-state index contributed by atoms with van der Waals surface area (Å²) in [7, 11) is 0. The Kier molecular flexibility index (Phi) is 3.79. The Labute approximate surface area is 114 Å². The lowest BCUT2D eigenvalue weighted by Gasteiger charge is -2.08. The van der Waals surface area contributed by atoms with Crippen molar-refractivity contribution in [3.05, 3.63) is 22.5 Å². The normalized spacial score (nSPS) is 12.6. The SMILES string of the molecule is CC(C)c1cc(C(=O)N[C@@H](C)c2nnc(N)s2)no1. The van der Waals surface area contributed by atoms with Gasteiger partial charge in [-0.1, -0.05) is 30.3 Å². The maximum Gasteiger partial charge on any atom is 0.274 e. The second-order valence-corrected chi connectivity index (χ2v) is 5.48. The van der Waals surface area contributed by atoms with Crippen LogP contribution in [-0.4, -0.2) is 21.3 Å². The average Bonchev–Trinajstić information content (AvgIpc) is 2.96. The summed E-state index contributed by atoms with van der Waals surface area (Å²) in [6, 6.07) is 1.36. The number of nitrogens with one attached hydrogen (secondary N) is 1. The van der Waals surface area contributed by atoms with Crippen LogP contribution in [0.4, 0.5) is 5.13 Å². The second kappa shape index (κ2) is 5.35. The molecule has 2 rings (SSSR count).